The number of furan rings is 1. The molecule has 0 fully saturated rings. The van der Waals surface area contributed by atoms with Gasteiger partial charge in [-0.3, -0.25) is 14.9 Å². The third-order valence-electron chi connectivity index (χ3n) is 2.96. The number of carbonyl (C=O) groups excluding carboxylic acids is 1. The van der Waals surface area contributed by atoms with Crippen LogP contribution >= 0.6 is 11.6 Å². The average molecular weight is 294 g/mol. The van der Waals surface area contributed by atoms with Crippen LogP contribution < -0.4 is 0 Å². The molecule has 5 nitrogen and oxygen atoms in total. The molecular weight excluding hydrogens is 282 g/mol. The van der Waals surface area contributed by atoms with Crippen molar-refractivity contribution in [1.29, 1.82) is 0 Å². The van der Waals surface area contributed by atoms with Crippen molar-refractivity contribution in [3.63, 3.8) is 0 Å². The quantitative estimate of drug-likeness (QED) is 0.475. The van der Waals surface area contributed by atoms with E-state index in [-0.39, 0.29) is 22.3 Å². The molecule has 6 heteroatoms. The number of hydrogen-bond donors (Lipinski definition) is 0. The lowest BCUT2D eigenvalue weighted by Crippen LogP contribution is -1.93. The van der Waals surface area contributed by atoms with Gasteiger partial charge >= 0.3 is 0 Å². The molecule has 1 aromatic heterocycles. The van der Waals surface area contributed by atoms with E-state index in [1.54, 1.807) is 26.0 Å². The van der Waals surface area contributed by atoms with Gasteiger partial charge in [-0.2, -0.15) is 0 Å². The van der Waals surface area contributed by atoms with Crippen molar-refractivity contribution in [2.24, 2.45) is 0 Å². The number of rotatable bonds is 4. The Kier molecular flexibility index (Phi) is 3.90. The monoisotopic (exact) mass is 293 g/mol. The summed E-state index contributed by atoms with van der Waals surface area (Å²) >= 11 is 5.89. The van der Waals surface area contributed by atoms with E-state index in [1.165, 1.54) is 12.1 Å². The second-order valence-electron chi connectivity index (χ2n) is 4.32. The number of aryl methyl sites for hydroxylation is 1. The number of benzene rings is 1. The second-order valence-corrected chi connectivity index (χ2v) is 4.72. The van der Waals surface area contributed by atoms with Crippen LogP contribution in [-0.2, 0) is 0 Å². The van der Waals surface area contributed by atoms with Crippen molar-refractivity contribution < 1.29 is 14.1 Å². The Morgan fingerprint density at radius 1 is 1.40 bits per heavy atom. The Morgan fingerprint density at radius 3 is 2.70 bits per heavy atom. The summed E-state index contributed by atoms with van der Waals surface area (Å²) in [5, 5.41) is 10.8. The Labute approximate surface area is 120 Å². The van der Waals surface area contributed by atoms with Crippen LogP contribution in [0, 0.1) is 17.0 Å². The standard InChI is InChI=1S/C14H12ClNO4/c1-3-12(17)14-5-4-13(20-14)9-7-10(15)11(16(18)19)6-8(9)2/h4-7H,3H2,1-2H3. The van der Waals surface area contributed by atoms with E-state index in [4.69, 9.17) is 16.0 Å². The summed E-state index contributed by atoms with van der Waals surface area (Å²) in [5.74, 6) is 0.648. The highest BCUT2D eigenvalue weighted by Crippen LogP contribution is 2.34. The number of nitro groups is 1. The summed E-state index contributed by atoms with van der Waals surface area (Å²) in [6.45, 7) is 3.47. The summed E-state index contributed by atoms with van der Waals surface area (Å²) in [7, 11) is 0. The van der Waals surface area contributed by atoms with Gasteiger partial charge < -0.3 is 4.42 Å². The van der Waals surface area contributed by atoms with Gasteiger partial charge in [-0.1, -0.05) is 18.5 Å². The van der Waals surface area contributed by atoms with E-state index in [9.17, 15) is 14.9 Å². The minimum atomic E-state index is -0.534. The summed E-state index contributed by atoms with van der Waals surface area (Å²) < 4.78 is 5.48. The molecule has 0 aliphatic rings. The van der Waals surface area contributed by atoms with Crippen molar-refractivity contribution in [3.05, 3.63) is 50.7 Å². The van der Waals surface area contributed by atoms with Crippen LogP contribution in [0.2, 0.25) is 5.02 Å². The SMILES string of the molecule is CCC(=O)c1ccc(-c2cc(Cl)c([N+](=O)[O-])cc2C)o1. The summed E-state index contributed by atoms with van der Waals surface area (Å²) in [6, 6.07) is 6.12. The highest BCUT2D eigenvalue weighted by molar-refractivity contribution is 6.33. The highest BCUT2D eigenvalue weighted by Gasteiger charge is 2.18. The topological polar surface area (TPSA) is 73.3 Å². The maximum atomic E-state index is 11.5. The zero-order chi connectivity index (χ0) is 14.9. The second kappa shape index (κ2) is 5.46. The maximum absolute atomic E-state index is 11.5. The first kappa shape index (κ1) is 14.3. The first-order valence-corrected chi connectivity index (χ1v) is 6.39. The normalized spacial score (nSPS) is 10.6. The Hall–Kier alpha value is -2.14. The molecule has 1 heterocycles. The number of ketones is 1. The number of nitrogens with zero attached hydrogens (tertiary/aromatic N) is 1. The molecule has 20 heavy (non-hydrogen) atoms. The van der Waals surface area contributed by atoms with E-state index < -0.39 is 4.92 Å². The van der Waals surface area contributed by atoms with Crippen LogP contribution in [0.25, 0.3) is 11.3 Å². The molecule has 0 atom stereocenters. The van der Waals surface area contributed by atoms with E-state index in [1.807, 2.05) is 0 Å². The van der Waals surface area contributed by atoms with Crippen molar-refractivity contribution in [1.82, 2.24) is 0 Å². The minimum absolute atomic E-state index is 0.0374. The lowest BCUT2D eigenvalue weighted by molar-refractivity contribution is -0.384. The average Bonchev–Trinajstić information content (AvgIpc) is 2.89. The van der Waals surface area contributed by atoms with Crippen molar-refractivity contribution in [2.75, 3.05) is 0 Å². The molecule has 0 bridgehead atoms. The maximum Gasteiger partial charge on any atom is 0.288 e. The van der Waals surface area contributed by atoms with E-state index in [0.717, 1.165) is 0 Å². The van der Waals surface area contributed by atoms with Gasteiger partial charge in [-0.05, 0) is 30.7 Å². The summed E-state index contributed by atoms with van der Waals surface area (Å²) in [5.41, 5.74) is 1.14. The summed E-state index contributed by atoms with van der Waals surface area (Å²) in [4.78, 5) is 21.8. The lowest BCUT2D eigenvalue weighted by Gasteiger charge is -2.04. The fourth-order valence-corrected chi connectivity index (χ4v) is 2.11. The van der Waals surface area contributed by atoms with Gasteiger partial charge in [0, 0.05) is 18.1 Å². The van der Waals surface area contributed by atoms with Gasteiger partial charge in [0.25, 0.3) is 5.69 Å². The molecular formula is C14H12ClNO4. The van der Waals surface area contributed by atoms with Crippen LogP contribution in [0.3, 0.4) is 0 Å². The smallest absolute Gasteiger partial charge is 0.288 e. The lowest BCUT2D eigenvalue weighted by atomic mass is 10.1. The molecule has 0 saturated heterocycles. The predicted molar refractivity (Wildman–Crippen MR) is 75.2 cm³/mol. The number of Topliss-reactive ketones (excluding diaryl/α,β-unsaturated/α-hetero) is 1. The largest absolute Gasteiger partial charge is 0.453 e. The minimum Gasteiger partial charge on any atom is -0.453 e. The van der Waals surface area contributed by atoms with Gasteiger partial charge in [0.15, 0.2) is 11.5 Å². The Bertz CT molecular complexity index is 690. The Balaban J connectivity index is 2.48. The highest BCUT2D eigenvalue weighted by atomic mass is 35.5. The number of hydrogen-bond acceptors (Lipinski definition) is 4. The molecule has 0 N–H and O–H groups in total. The first-order chi connectivity index (χ1) is 9.43. The molecule has 0 radical (unpaired) electrons. The third kappa shape index (κ3) is 2.58. The summed E-state index contributed by atoms with van der Waals surface area (Å²) in [6.07, 6.45) is 0.354. The van der Waals surface area contributed by atoms with Crippen molar-refractivity contribution in [3.8, 4) is 11.3 Å². The zero-order valence-corrected chi connectivity index (χ0v) is 11.7. The van der Waals surface area contributed by atoms with E-state index in [2.05, 4.69) is 0 Å². The Morgan fingerprint density at radius 2 is 2.10 bits per heavy atom. The fourth-order valence-electron chi connectivity index (χ4n) is 1.88. The molecule has 0 aliphatic carbocycles. The molecule has 104 valence electrons. The number of nitro benzene ring substituents is 1. The predicted octanol–water partition coefficient (Wildman–Crippen LogP) is 4.41. The molecule has 0 unspecified atom stereocenters. The third-order valence-corrected chi connectivity index (χ3v) is 3.26. The van der Waals surface area contributed by atoms with Gasteiger partial charge in [-0.15, -0.1) is 0 Å². The van der Waals surface area contributed by atoms with Gasteiger partial charge in [-0.25, -0.2) is 0 Å². The van der Waals surface area contributed by atoms with Crippen LogP contribution in [-0.4, -0.2) is 10.7 Å². The van der Waals surface area contributed by atoms with Crippen molar-refractivity contribution in [2.45, 2.75) is 20.3 Å². The van der Waals surface area contributed by atoms with E-state index >= 15 is 0 Å². The molecule has 2 aromatic rings. The zero-order valence-electron chi connectivity index (χ0n) is 11.0. The van der Waals surface area contributed by atoms with Crippen LogP contribution in [0.15, 0.2) is 28.7 Å². The molecule has 0 aliphatic heterocycles. The van der Waals surface area contributed by atoms with Gasteiger partial charge in [0.05, 0.1) is 4.92 Å². The molecule has 0 spiro atoms. The first-order valence-electron chi connectivity index (χ1n) is 6.02. The van der Waals surface area contributed by atoms with Gasteiger partial charge in [0.1, 0.15) is 10.8 Å². The molecule has 0 saturated carbocycles. The van der Waals surface area contributed by atoms with Gasteiger partial charge in [0.2, 0.25) is 0 Å². The van der Waals surface area contributed by atoms with Crippen LogP contribution in [0.5, 0.6) is 0 Å². The van der Waals surface area contributed by atoms with Crippen LogP contribution in [0.4, 0.5) is 5.69 Å². The molecule has 0 amide bonds. The van der Waals surface area contributed by atoms with Crippen LogP contribution in [0.1, 0.15) is 29.5 Å². The fraction of sp³-hybridized carbons (Fsp3) is 0.214. The number of carbonyl (C=O) groups is 1. The molecule has 2 rings (SSSR count). The molecule has 1 aromatic carbocycles. The number of halogens is 1. The van der Waals surface area contributed by atoms with E-state index in [0.29, 0.717) is 23.3 Å². The van der Waals surface area contributed by atoms with Crippen molar-refractivity contribution >= 4 is 23.1 Å².